The third-order valence-electron chi connectivity index (χ3n) is 4.30. The maximum Gasteiger partial charge on any atom is 0.246 e. The topological polar surface area (TPSA) is 93.0 Å². The van der Waals surface area contributed by atoms with Crippen LogP contribution in [-0.4, -0.2) is 50.0 Å². The van der Waals surface area contributed by atoms with Gasteiger partial charge in [-0.2, -0.15) is 4.80 Å². The van der Waals surface area contributed by atoms with Gasteiger partial charge in [-0.1, -0.05) is 12.1 Å². The lowest BCUT2D eigenvalue weighted by molar-refractivity contribution is -0.136. The van der Waals surface area contributed by atoms with E-state index in [0.717, 1.165) is 10.4 Å². The zero-order valence-corrected chi connectivity index (χ0v) is 16.3. The Balaban J connectivity index is 1.53. The molecule has 0 aliphatic rings. The Hall–Kier alpha value is -3.69. The number of hydrogen-bond donors (Lipinski definition) is 1. The van der Waals surface area contributed by atoms with Gasteiger partial charge in [0.2, 0.25) is 17.6 Å². The van der Waals surface area contributed by atoms with Gasteiger partial charge in [0.1, 0.15) is 18.2 Å². The second-order valence-electron chi connectivity index (χ2n) is 6.46. The Morgan fingerprint density at radius 2 is 1.67 bits per heavy atom. The number of benzene rings is 2. The van der Waals surface area contributed by atoms with Crippen LogP contribution in [0.15, 0.2) is 48.5 Å². The molecule has 3 aromatic rings. The molecule has 1 heterocycles. The summed E-state index contributed by atoms with van der Waals surface area (Å²) >= 11 is 0. The molecular formula is C20H20F2N6O2. The molecule has 156 valence electrons. The molecule has 0 aliphatic heterocycles. The van der Waals surface area contributed by atoms with E-state index in [2.05, 4.69) is 20.7 Å². The van der Waals surface area contributed by atoms with Gasteiger partial charge in [-0.15, -0.1) is 10.2 Å². The van der Waals surface area contributed by atoms with Crippen LogP contribution in [0.1, 0.15) is 12.5 Å². The molecule has 2 aromatic carbocycles. The van der Waals surface area contributed by atoms with E-state index in [-0.39, 0.29) is 48.9 Å². The number of aromatic nitrogens is 4. The highest BCUT2D eigenvalue weighted by molar-refractivity contribution is 5.84. The lowest BCUT2D eigenvalue weighted by atomic mass is 10.2. The van der Waals surface area contributed by atoms with Gasteiger partial charge in [0.25, 0.3) is 0 Å². The quantitative estimate of drug-likeness (QED) is 0.607. The summed E-state index contributed by atoms with van der Waals surface area (Å²) in [6, 6.07) is 11.4. The molecule has 0 spiro atoms. The van der Waals surface area contributed by atoms with Crippen molar-refractivity contribution in [1.82, 2.24) is 30.4 Å². The van der Waals surface area contributed by atoms with Gasteiger partial charge < -0.3 is 10.2 Å². The smallest absolute Gasteiger partial charge is 0.246 e. The average Bonchev–Trinajstić information content (AvgIpc) is 3.20. The van der Waals surface area contributed by atoms with E-state index < -0.39 is 0 Å². The number of halogens is 2. The zero-order chi connectivity index (χ0) is 21.5. The first-order valence-electron chi connectivity index (χ1n) is 9.27. The SMILES string of the molecule is CCN(CC(=O)NCc1ccc(F)cc1)C(=O)Cn1nnc(-c2ccc(F)cc2)n1. The van der Waals surface area contributed by atoms with Gasteiger partial charge in [-0.05, 0) is 54.1 Å². The molecule has 0 saturated carbocycles. The maximum atomic E-state index is 13.0. The standard InChI is InChI=1S/C20H20F2N6O2/c1-2-27(12-18(29)23-11-14-3-7-16(21)8-4-14)19(30)13-28-25-20(24-26-28)15-5-9-17(22)10-6-15/h3-10H,2,11-13H2,1H3,(H,23,29). The number of likely N-dealkylation sites (N-methyl/N-ethyl adjacent to an activating group) is 1. The molecule has 0 fully saturated rings. The number of carbonyl (C=O) groups excluding carboxylic acids is 2. The molecule has 3 rings (SSSR count). The molecule has 0 saturated heterocycles. The predicted molar refractivity (Wildman–Crippen MR) is 104 cm³/mol. The van der Waals surface area contributed by atoms with E-state index in [0.29, 0.717) is 12.1 Å². The van der Waals surface area contributed by atoms with E-state index in [1.165, 1.54) is 41.3 Å². The number of amides is 2. The molecule has 30 heavy (non-hydrogen) atoms. The lowest BCUT2D eigenvalue weighted by Gasteiger charge is -2.20. The fourth-order valence-corrected chi connectivity index (χ4v) is 2.65. The predicted octanol–water partition coefficient (Wildman–Crippen LogP) is 1.78. The van der Waals surface area contributed by atoms with E-state index in [1.807, 2.05) is 0 Å². The van der Waals surface area contributed by atoms with E-state index in [1.54, 1.807) is 19.1 Å². The number of tetrazole rings is 1. The van der Waals surface area contributed by atoms with Crippen molar-refractivity contribution in [3.8, 4) is 11.4 Å². The van der Waals surface area contributed by atoms with Crippen molar-refractivity contribution in [3.63, 3.8) is 0 Å². The minimum atomic E-state index is -0.377. The van der Waals surface area contributed by atoms with E-state index >= 15 is 0 Å². The minimum absolute atomic E-state index is 0.129. The first-order valence-corrected chi connectivity index (χ1v) is 9.27. The van der Waals surface area contributed by atoms with Crippen molar-refractivity contribution in [3.05, 3.63) is 65.7 Å². The van der Waals surface area contributed by atoms with Crippen LogP contribution in [0.2, 0.25) is 0 Å². The van der Waals surface area contributed by atoms with Crippen LogP contribution in [0.3, 0.4) is 0 Å². The van der Waals surface area contributed by atoms with E-state index in [9.17, 15) is 18.4 Å². The third-order valence-corrected chi connectivity index (χ3v) is 4.30. The van der Waals surface area contributed by atoms with E-state index in [4.69, 9.17) is 0 Å². The largest absolute Gasteiger partial charge is 0.350 e. The van der Waals surface area contributed by atoms with Crippen molar-refractivity contribution in [2.45, 2.75) is 20.0 Å². The van der Waals surface area contributed by atoms with Gasteiger partial charge in [0, 0.05) is 18.7 Å². The van der Waals surface area contributed by atoms with Crippen molar-refractivity contribution in [1.29, 1.82) is 0 Å². The molecule has 2 amide bonds. The number of hydrogen-bond acceptors (Lipinski definition) is 5. The van der Waals surface area contributed by atoms with Crippen molar-refractivity contribution in [2.75, 3.05) is 13.1 Å². The summed E-state index contributed by atoms with van der Waals surface area (Å²) in [6.45, 7) is 1.99. The molecular weight excluding hydrogens is 394 g/mol. The zero-order valence-electron chi connectivity index (χ0n) is 16.3. The fraction of sp³-hybridized carbons (Fsp3) is 0.250. The van der Waals surface area contributed by atoms with Crippen LogP contribution in [-0.2, 0) is 22.7 Å². The Labute approximate surface area is 171 Å². The molecule has 0 bridgehead atoms. The Morgan fingerprint density at radius 1 is 1.03 bits per heavy atom. The van der Waals surface area contributed by atoms with Crippen molar-refractivity contribution < 1.29 is 18.4 Å². The summed E-state index contributed by atoms with van der Waals surface area (Å²) in [4.78, 5) is 27.2. The monoisotopic (exact) mass is 414 g/mol. The molecule has 1 aromatic heterocycles. The summed E-state index contributed by atoms with van der Waals surface area (Å²) in [5.74, 6) is -1.15. The number of nitrogens with zero attached hydrogens (tertiary/aromatic N) is 5. The second-order valence-corrected chi connectivity index (χ2v) is 6.46. The third kappa shape index (κ3) is 5.66. The van der Waals surface area contributed by atoms with Crippen molar-refractivity contribution >= 4 is 11.8 Å². The molecule has 1 N–H and O–H groups in total. The first kappa shape index (κ1) is 21.0. The molecule has 10 heteroatoms. The number of carbonyl (C=O) groups is 2. The maximum absolute atomic E-state index is 13.0. The van der Waals surface area contributed by atoms with Crippen molar-refractivity contribution in [2.24, 2.45) is 0 Å². The summed E-state index contributed by atoms with van der Waals surface area (Å²) < 4.78 is 25.9. The van der Waals surface area contributed by atoms with Gasteiger partial charge >= 0.3 is 0 Å². The Morgan fingerprint density at radius 3 is 2.30 bits per heavy atom. The molecule has 8 nitrogen and oxygen atoms in total. The normalized spacial score (nSPS) is 10.6. The summed E-state index contributed by atoms with van der Waals surface area (Å²) in [6.07, 6.45) is 0. The summed E-state index contributed by atoms with van der Waals surface area (Å²) in [5, 5.41) is 14.5. The van der Waals surface area contributed by atoms with Gasteiger partial charge in [0.15, 0.2) is 0 Å². The first-order chi connectivity index (χ1) is 14.4. The number of nitrogens with one attached hydrogen (secondary N) is 1. The number of rotatable bonds is 8. The highest BCUT2D eigenvalue weighted by Crippen LogP contribution is 2.13. The van der Waals surface area contributed by atoms with Crippen LogP contribution in [0, 0.1) is 11.6 Å². The summed E-state index contributed by atoms with van der Waals surface area (Å²) in [7, 11) is 0. The Bertz CT molecular complexity index is 1000. The molecule has 0 radical (unpaired) electrons. The van der Waals surface area contributed by atoms with Gasteiger partial charge in [0.05, 0.1) is 6.54 Å². The van der Waals surface area contributed by atoms with Crippen LogP contribution < -0.4 is 5.32 Å². The van der Waals surface area contributed by atoms with Crippen LogP contribution >= 0.6 is 0 Å². The molecule has 0 aliphatic carbocycles. The summed E-state index contributed by atoms with van der Waals surface area (Å²) in [5.41, 5.74) is 1.32. The van der Waals surface area contributed by atoms with Crippen LogP contribution in [0.25, 0.3) is 11.4 Å². The Kier molecular flexibility index (Phi) is 6.79. The molecule has 0 atom stereocenters. The fourth-order valence-electron chi connectivity index (χ4n) is 2.65. The van der Waals surface area contributed by atoms with Crippen LogP contribution in [0.4, 0.5) is 8.78 Å². The average molecular weight is 414 g/mol. The second kappa shape index (κ2) is 9.68. The minimum Gasteiger partial charge on any atom is -0.350 e. The highest BCUT2D eigenvalue weighted by Gasteiger charge is 2.17. The highest BCUT2D eigenvalue weighted by atomic mass is 19.1. The molecule has 0 unspecified atom stereocenters. The lowest BCUT2D eigenvalue weighted by Crippen LogP contribution is -2.42. The van der Waals surface area contributed by atoms with Gasteiger partial charge in [-0.3, -0.25) is 9.59 Å². The van der Waals surface area contributed by atoms with Crippen LogP contribution in [0.5, 0.6) is 0 Å². The van der Waals surface area contributed by atoms with Gasteiger partial charge in [-0.25, -0.2) is 8.78 Å².